The van der Waals surface area contributed by atoms with E-state index in [0.717, 1.165) is 11.6 Å². The van der Waals surface area contributed by atoms with Crippen LogP contribution in [0, 0.1) is 21.4 Å². The molecule has 3 aromatic rings. The van der Waals surface area contributed by atoms with Crippen molar-refractivity contribution in [2.45, 2.75) is 6.42 Å². The Balaban J connectivity index is 1.58. The number of nitro groups is 1. The predicted octanol–water partition coefficient (Wildman–Crippen LogP) is 3.38. The van der Waals surface area contributed by atoms with Crippen molar-refractivity contribution in [3.05, 3.63) is 117 Å². The third kappa shape index (κ3) is 5.12. The molecular weight excluding hydrogens is 446 g/mol. The molecule has 0 spiro atoms. The molecule has 0 unspecified atom stereocenters. The zero-order valence-corrected chi connectivity index (χ0v) is 18.4. The van der Waals surface area contributed by atoms with Crippen LogP contribution in [0.1, 0.15) is 27.0 Å². The van der Waals surface area contributed by atoms with Crippen molar-refractivity contribution in [2.24, 2.45) is 4.99 Å². The van der Waals surface area contributed by atoms with Gasteiger partial charge in [0.05, 0.1) is 10.6 Å². The minimum Gasteiger partial charge on any atom is -0.351 e. The quantitative estimate of drug-likeness (QED) is 0.249. The number of rotatable bonds is 6. The van der Waals surface area contributed by atoms with E-state index < -0.39 is 16.7 Å². The van der Waals surface area contributed by atoms with Gasteiger partial charge in [0.2, 0.25) is 0 Å². The molecular formula is C26H19N5O4. The molecule has 0 saturated carbocycles. The van der Waals surface area contributed by atoms with Crippen LogP contribution in [-0.2, 0) is 11.2 Å². The Morgan fingerprint density at radius 1 is 0.971 bits per heavy atom. The second kappa shape index (κ2) is 10.2. The lowest BCUT2D eigenvalue weighted by Gasteiger charge is -2.06. The lowest BCUT2D eigenvalue weighted by atomic mass is 10.0. The molecule has 0 atom stereocenters. The lowest BCUT2D eigenvalue weighted by Crippen LogP contribution is -2.30. The summed E-state index contributed by atoms with van der Waals surface area (Å²) in [5.74, 6) is -1.02. The molecule has 1 aliphatic heterocycles. The number of nitrogens with one attached hydrogen (secondary N) is 2. The van der Waals surface area contributed by atoms with E-state index in [-0.39, 0.29) is 28.4 Å². The number of hydrogen-bond acceptors (Lipinski definition) is 6. The first-order chi connectivity index (χ1) is 17.0. The second-order valence-corrected chi connectivity index (χ2v) is 7.59. The number of hydrogen-bond donors (Lipinski definition) is 2. The van der Waals surface area contributed by atoms with Gasteiger partial charge in [-0.15, -0.1) is 0 Å². The van der Waals surface area contributed by atoms with E-state index in [1.54, 1.807) is 24.3 Å². The van der Waals surface area contributed by atoms with Gasteiger partial charge >= 0.3 is 0 Å². The highest BCUT2D eigenvalue weighted by atomic mass is 16.6. The normalized spacial score (nSPS) is 13.2. The van der Waals surface area contributed by atoms with Crippen molar-refractivity contribution in [3.8, 4) is 6.07 Å². The smallest absolute Gasteiger partial charge is 0.270 e. The molecule has 0 aromatic heterocycles. The highest BCUT2D eigenvalue weighted by molar-refractivity contribution is 6.20. The van der Waals surface area contributed by atoms with E-state index in [2.05, 4.69) is 15.6 Å². The summed E-state index contributed by atoms with van der Waals surface area (Å²) in [5.41, 5.74) is 1.94. The molecule has 35 heavy (non-hydrogen) atoms. The Morgan fingerprint density at radius 3 is 2.40 bits per heavy atom. The van der Waals surface area contributed by atoms with Gasteiger partial charge in [-0.25, -0.2) is 4.99 Å². The molecule has 2 amide bonds. The van der Waals surface area contributed by atoms with Gasteiger partial charge in [-0.2, -0.15) is 5.26 Å². The van der Waals surface area contributed by atoms with Gasteiger partial charge in [0.15, 0.2) is 0 Å². The molecule has 0 bridgehead atoms. The lowest BCUT2D eigenvalue weighted by molar-refractivity contribution is -0.384. The average Bonchev–Trinajstić information content (AvgIpc) is 3.23. The summed E-state index contributed by atoms with van der Waals surface area (Å²) in [6, 6.07) is 23.7. The Labute approximate surface area is 200 Å². The minimum absolute atomic E-state index is 0.0796. The van der Waals surface area contributed by atoms with Crippen LogP contribution < -0.4 is 10.6 Å². The third-order valence-electron chi connectivity index (χ3n) is 5.33. The molecule has 0 radical (unpaired) electrons. The summed E-state index contributed by atoms with van der Waals surface area (Å²) in [4.78, 5) is 40.4. The van der Waals surface area contributed by atoms with Gasteiger partial charge in [-0.05, 0) is 18.1 Å². The number of amidine groups is 1. The van der Waals surface area contributed by atoms with Crippen LogP contribution in [0.4, 0.5) is 5.69 Å². The number of non-ortho nitro benzene ring substituents is 1. The fourth-order valence-electron chi connectivity index (χ4n) is 3.62. The van der Waals surface area contributed by atoms with Crippen molar-refractivity contribution >= 4 is 29.0 Å². The highest BCUT2D eigenvalue weighted by Crippen LogP contribution is 2.30. The number of nitriles is 1. The monoisotopic (exact) mass is 465 g/mol. The largest absolute Gasteiger partial charge is 0.351 e. The van der Waals surface area contributed by atoms with Gasteiger partial charge in [0.1, 0.15) is 17.5 Å². The van der Waals surface area contributed by atoms with E-state index in [0.29, 0.717) is 24.1 Å². The summed E-state index contributed by atoms with van der Waals surface area (Å²) in [6.07, 6.45) is 0.602. The van der Waals surface area contributed by atoms with Crippen LogP contribution in [-0.4, -0.2) is 29.1 Å². The number of nitrogens with zero attached hydrogens (tertiary/aromatic N) is 3. The molecule has 1 heterocycles. The highest BCUT2D eigenvalue weighted by Gasteiger charge is 2.27. The molecule has 1 aliphatic rings. The maximum atomic E-state index is 12.8. The van der Waals surface area contributed by atoms with Crippen molar-refractivity contribution < 1.29 is 14.5 Å². The van der Waals surface area contributed by atoms with Crippen LogP contribution in [0.3, 0.4) is 0 Å². The van der Waals surface area contributed by atoms with Crippen LogP contribution in [0.5, 0.6) is 0 Å². The first-order valence-corrected chi connectivity index (χ1v) is 10.7. The maximum Gasteiger partial charge on any atom is 0.270 e. The van der Waals surface area contributed by atoms with Gasteiger partial charge in [0.25, 0.3) is 17.5 Å². The van der Waals surface area contributed by atoms with Crippen molar-refractivity contribution in [2.75, 3.05) is 6.54 Å². The number of carbonyl (C=O) groups excluding carboxylic acids is 2. The van der Waals surface area contributed by atoms with E-state index in [9.17, 15) is 25.0 Å². The summed E-state index contributed by atoms with van der Waals surface area (Å²) < 4.78 is 0. The number of carbonyl (C=O) groups is 2. The summed E-state index contributed by atoms with van der Waals surface area (Å²) in [6.45, 7) is 0.336. The Morgan fingerprint density at radius 2 is 1.69 bits per heavy atom. The average molecular weight is 465 g/mol. The SMILES string of the molecule is N#C/C(C(=O)NCCc1ccccc1)=C1/N=C(NC(=O)c2cccc([N+](=O)[O-])c2)c2ccccc21. The van der Waals surface area contributed by atoms with Crippen LogP contribution >= 0.6 is 0 Å². The van der Waals surface area contributed by atoms with Crippen molar-refractivity contribution in [1.82, 2.24) is 10.6 Å². The third-order valence-corrected chi connectivity index (χ3v) is 5.33. The van der Waals surface area contributed by atoms with Crippen LogP contribution in [0.25, 0.3) is 5.70 Å². The molecule has 0 aliphatic carbocycles. The molecule has 0 fully saturated rings. The first-order valence-electron chi connectivity index (χ1n) is 10.7. The van der Waals surface area contributed by atoms with Gasteiger partial charge in [-0.3, -0.25) is 19.7 Å². The zero-order valence-electron chi connectivity index (χ0n) is 18.4. The summed E-state index contributed by atoms with van der Waals surface area (Å²) in [5, 5.41) is 26.2. The Bertz CT molecular complexity index is 1420. The molecule has 2 N–H and O–H groups in total. The van der Waals surface area contributed by atoms with E-state index >= 15 is 0 Å². The zero-order chi connectivity index (χ0) is 24.8. The van der Waals surface area contributed by atoms with E-state index in [4.69, 9.17) is 0 Å². The number of fused-ring (bicyclic) bond motifs is 1. The second-order valence-electron chi connectivity index (χ2n) is 7.59. The van der Waals surface area contributed by atoms with Crippen LogP contribution in [0.2, 0.25) is 0 Å². The number of benzene rings is 3. The summed E-state index contributed by atoms with van der Waals surface area (Å²) >= 11 is 0. The molecule has 172 valence electrons. The molecule has 3 aromatic carbocycles. The molecule has 9 nitrogen and oxygen atoms in total. The first kappa shape index (κ1) is 23.1. The van der Waals surface area contributed by atoms with Crippen LogP contribution in [0.15, 0.2) is 89.4 Å². The van der Waals surface area contributed by atoms with E-state index in [1.807, 2.05) is 36.4 Å². The predicted molar refractivity (Wildman–Crippen MR) is 129 cm³/mol. The standard InChI is InChI=1S/C26H19N5O4/c27-16-22(26(33)28-14-13-17-7-2-1-3-8-17)23-20-11-4-5-12-21(20)24(29-23)30-25(32)18-9-6-10-19(15-18)31(34)35/h1-12,15H,13-14H2,(H,28,33)(H,29,30,32)/b23-22-. The molecule has 9 heteroatoms. The number of aliphatic imine (C=N–C) groups is 1. The van der Waals surface area contributed by atoms with Gasteiger partial charge < -0.3 is 10.6 Å². The maximum absolute atomic E-state index is 12.8. The Hall–Kier alpha value is -5.10. The molecule has 0 saturated heterocycles. The number of amides is 2. The van der Waals surface area contributed by atoms with Crippen molar-refractivity contribution in [1.29, 1.82) is 5.26 Å². The minimum atomic E-state index is -0.602. The van der Waals surface area contributed by atoms with Gasteiger partial charge in [0, 0.05) is 35.4 Å². The molecule has 4 rings (SSSR count). The number of nitro benzene ring substituents is 1. The topological polar surface area (TPSA) is 137 Å². The Kier molecular flexibility index (Phi) is 6.74. The fraction of sp³-hybridized carbons (Fsp3) is 0.0769. The van der Waals surface area contributed by atoms with Crippen molar-refractivity contribution in [3.63, 3.8) is 0 Å². The fourth-order valence-corrected chi connectivity index (χ4v) is 3.62. The summed E-state index contributed by atoms with van der Waals surface area (Å²) in [7, 11) is 0. The van der Waals surface area contributed by atoms with E-state index in [1.165, 1.54) is 18.2 Å². The van der Waals surface area contributed by atoms with Gasteiger partial charge in [-0.1, -0.05) is 60.7 Å².